The van der Waals surface area contributed by atoms with Crippen molar-refractivity contribution in [1.82, 2.24) is 0 Å². The summed E-state index contributed by atoms with van der Waals surface area (Å²) in [7, 11) is 1.70. The Morgan fingerprint density at radius 2 is 1.81 bits per heavy atom. The van der Waals surface area contributed by atoms with Crippen LogP contribution in [0.2, 0.25) is 0 Å². The highest BCUT2D eigenvalue weighted by atomic mass is 16.7. The van der Waals surface area contributed by atoms with Gasteiger partial charge in [0.15, 0.2) is 12.6 Å². The third-order valence-electron chi connectivity index (χ3n) is 4.71. The van der Waals surface area contributed by atoms with Crippen LogP contribution >= 0.6 is 0 Å². The molecule has 0 N–H and O–H groups in total. The summed E-state index contributed by atoms with van der Waals surface area (Å²) in [4.78, 5) is 0. The minimum absolute atomic E-state index is 0.0369. The van der Waals surface area contributed by atoms with E-state index in [0.29, 0.717) is 18.4 Å². The molecule has 2 heterocycles. The lowest BCUT2D eigenvalue weighted by molar-refractivity contribution is -0.276. The average molecular weight is 292 g/mol. The lowest BCUT2D eigenvalue weighted by Gasteiger charge is -2.43. The summed E-state index contributed by atoms with van der Waals surface area (Å²) in [6.45, 7) is 5.00. The van der Waals surface area contributed by atoms with Crippen LogP contribution in [0.15, 0.2) is 30.3 Å². The molecule has 0 spiro atoms. The van der Waals surface area contributed by atoms with Crippen molar-refractivity contribution in [3.63, 3.8) is 0 Å². The van der Waals surface area contributed by atoms with Crippen LogP contribution in [0, 0.1) is 11.8 Å². The molecule has 0 aliphatic carbocycles. The first-order valence-corrected chi connectivity index (χ1v) is 7.71. The Balaban J connectivity index is 1.78. The molecular formula is C17H24O4. The van der Waals surface area contributed by atoms with Gasteiger partial charge in [0.05, 0.1) is 18.8 Å². The van der Waals surface area contributed by atoms with E-state index in [1.807, 2.05) is 30.3 Å². The normalized spacial score (nSPS) is 40.3. The third-order valence-corrected chi connectivity index (χ3v) is 4.71. The van der Waals surface area contributed by atoms with Gasteiger partial charge in [-0.2, -0.15) is 0 Å². The summed E-state index contributed by atoms with van der Waals surface area (Å²) in [5.74, 6) is 0.660. The fourth-order valence-corrected chi connectivity index (χ4v) is 3.23. The molecular weight excluding hydrogens is 268 g/mol. The maximum atomic E-state index is 6.27. The zero-order valence-electron chi connectivity index (χ0n) is 12.9. The predicted molar refractivity (Wildman–Crippen MR) is 78.6 cm³/mol. The Hall–Kier alpha value is -0.940. The number of ether oxygens (including phenoxy) is 4. The molecule has 4 nitrogen and oxygen atoms in total. The van der Waals surface area contributed by atoms with Crippen LogP contribution in [0.3, 0.4) is 0 Å². The summed E-state index contributed by atoms with van der Waals surface area (Å²) in [5, 5.41) is 0. The molecule has 1 aromatic carbocycles. The maximum Gasteiger partial charge on any atom is 0.184 e. The Bertz CT molecular complexity index is 449. The molecule has 2 aliphatic rings. The van der Waals surface area contributed by atoms with Gasteiger partial charge < -0.3 is 18.9 Å². The van der Waals surface area contributed by atoms with Crippen molar-refractivity contribution in [3.05, 3.63) is 35.9 Å². The van der Waals surface area contributed by atoms with Gasteiger partial charge in [0.2, 0.25) is 0 Å². The Labute approximate surface area is 126 Å². The third kappa shape index (κ3) is 2.99. The second-order valence-corrected chi connectivity index (χ2v) is 6.00. The van der Waals surface area contributed by atoms with Crippen LogP contribution in [0.4, 0.5) is 0 Å². The van der Waals surface area contributed by atoms with Crippen molar-refractivity contribution in [3.8, 4) is 0 Å². The van der Waals surface area contributed by atoms with Crippen LogP contribution < -0.4 is 0 Å². The predicted octanol–water partition coefficient (Wildman–Crippen LogP) is 3.13. The number of rotatable bonds is 2. The van der Waals surface area contributed by atoms with E-state index in [0.717, 1.165) is 12.0 Å². The second kappa shape index (κ2) is 6.44. The molecule has 2 fully saturated rings. The van der Waals surface area contributed by atoms with Gasteiger partial charge in [-0.15, -0.1) is 0 Å². The van der Waals surface area contributed by atoms with Gasteiger partial charge in [0, 0.05) is 18.6 Å². The zero-order chi connectivity index (χ0) is 14.8. The smallest absolute Gasteiger partial charge is 0.184 e. The Morgan fingerprint density at radius 3 is 2.52 bits per heavy atom. The van der Waals surface area contributed by atoms with Crippen molar-refractivity contribution in [2.75, 3.05) is 13.7 Å². The quantitative estimate of drug-likeness (QED) is 0.839. The number of hydrogen-bond acceptors (Lipinski definition) is 4. The minimum atomic E-state index is -0.307. The largest absolute Gasteiger partial charge is 0.356 e. The molecule has 116 valence electrons. The highest BCUT2D eigenvalue weighted by molar-refractivity contribution is 5.16. The van der Waals surface area contributed by atoms with Gasteiger partial charge in [0.1, 0.15) is 0 Å². The lowest BCUT2D eigenvalue weighted by Crippen LogP contribution is -2.50. The molecule has 21 heavy (non-hydrogen) atoms. The summed E-state index contributed by atoms with van der Waals surface area (Å²) >= 11 is 0. The van der Waals surface area contributed by atoms with E-state index in [1.165, 1.54) is 0 Å². The molecule has 0 saturated carbocycles. The van der Waals surface area contributed by atoms with Gasteiger partial charge in [-0.3, -0.25) is 0 Å². The minimum Gasteiger partial charge on any atom is -0.356 e. The van der Waals surface area contributed by atoms with E-state index in [2.05, 4.69) is 13.8 Å². The topological polar surface area (TPSA) is 36.9 Å². The zero-order valence-corrected chi connectivity index (χ0v) is 12.9. The van der Waals surface area contributed by atoms with Crippen molar-refractivity contribution in [2.45, 2.75) is 45.1 Å². The SMILES string of the molecule is CO[C@H]1OC2CCOC(c3ccccc3)O[C@H]2C(C)[C@@H]1C. The van der Waals surface area contributed by atoms with Crippen LogP contribution in [-0.2, 0) is 18.9 Å². The lowest BCUT2D eigenvalue weighted by atomic mass is 9.83. The molecule has 0 amide bonds. The molecule has 6 atom stereocenters. The van der Waals surface area contributed by atoms with Gasteiger partial charge in [-0.05, 0) is 12.3 Å². The first kappa shape index (κ1) is 15.0. The van der Waals surface area contributed by atoms with Crippen molar-refractivity contribution >= 4 is 0 Å². The molecule has 2 aliphatic heterocycles. The number of hydrogen-bond donors (Lipinski definition) is 0. The monoisotopic (exact) mass is 292 g/mol. The van der Waals surface area contributed by atoms with E-state index in [9.17, 15) is 0 Å². The summed E-state index contributed by atoms with van der Waals surface area (Å²) in [5.41, 5.74) is 1.06. The van der Waals surface area contributed by atoms with Crippen molar-refractivity contribution < 1.29 is 18.9 Å². The van der Waals surface area contributed by atoms with Crippen molar-refractivity contribution in [2.24, 2.45) is 11.8 Å². The van der Waals surface area contributed by atoms with E-state index in [1.54, 1.807) is 7.11 Å². The molecule has 2 saturated heterocycles. The Kier molecular flexibility index (Phi) is 4.60. The van der Waals surface area contributed by atoms with Gasteiger partial charge in [0.25, 0.3) is 0 Å². The van der Waals surface area contributed by atoms with Gasteiger partial charge in [-0.1, -0.05) is 44.2 Å². The first-order chi connectivity index (χ1) is 10.2. The van der Waals surface area contributed by atoms with E-state index in [-0.39, 0.29) is 24.8 Å². The van der Waals surface area contributed by atoms with E-state index < -0.39 is 0 Å². The van der Waals surface area contributed by atoms with Crippen molar-refractivity contribution in [1.29, 1.82) is 0 Å². The summed E-state index contributed by atoms with van der Waals surface area (Å²) in [6, 6.07) is 10.1. The highest BCUT2D eigenvalue weighted by Crippen LogP contribution is 2.38. The Morgan fingerprint density at radius 1 is 1.05 bits per heavy atom. The van der Waals surface area contributed by atoms with Crippen LogP contribution in [0.1, 0.15) is 32.1 Å². The van der Waals surface area contributed by atoms with E-state index in [4.69, 9.17) is 18.9 Å². The summed E-state index contributed by atoms with van der Waals surface area (Å²) in [6.07, 6.45) is 0.455. The fraction of sp³-hybridized carbons (Fsp3) is 0.647. The number of methoxy groups -OCH3 is 1. The highest BCUT2D eigenvalue weighted by Gasteiger charge is 2.44. The molecule has 4 heteroatoms. The molecule has 1 aromatic rings. The van der Waals surface area contributed by atoms with Gasteiger partial charge in [-0.25, -0.2) is 0 Å². The average Bonchev–Trinajstić information content (AvgIpc) is 2.74. The first-order valence-electron chi connectivity index (χ1n) is 7.71. The van der Waals surface area contributed by atoms with Crippen LogP contribution in [0.25, 0.3) is 0 Å². The molecule has 3 rings (SSSR count). The number of fused-ring (bicyclic) bond motifs is 1. The van der Waals surface area contributed by atoms with Crippen LogP contribution in [-0.4, -0.2) is 32.2 Å². The molecule has 0 aromatic heterocycles. The van der Waals surface area contributed by atoms with Crippen LogP contribution in [0.5, 0.6) is 0 Å². The fourth-order valence-electron chi connectivity index (χ4n) is 3.23. The molecule has 0 bridgehead atoms. The molecule has 3 unspecified atom stereocenters. The standard InChI is InChI=1S/C17H24O4/c1-11-12(2)16(18-3)20-14-9-10-19-17(21-15(11)14)13-7-5-4-6-8-13/h4-8,11-12,14-17H,9-10H2,1-3H3/t11?,12-,14?,15-,16-,17?/m0/s1. The van der Waals surface area contributed by atoms with Gasteiger partial charge >= 0.3 is 0 Å². The second-order valence-electron chi connectivity index (χ2n) is 6.00. The maximum absolute atomic E-state index is 6.27. The van der Waals surface area contributed by atoms with E-state index >= 15 is 0 Å². The summed E-state index contributed by atoms with van der Waals surface area (Å²) < 4.78 is 23.7. The molecule has 0 radical (unpaired) electrons. The number of benzene rings is 1.